The highest BCUT2D eigenvalue weighted by atomic mass is 32.2. The molecule has 6 heteroatoms. The second kappa shape index (κ2) is 7.98. The predicted molar refractivity (Wildman–Crippen MR) is 95.8 cm³/mol. The average Bonchev–Trinajstić information content (AvgIpc) is 3.07. The molecular formula is C19H17FN2O2S. The minimum absolute atomic E-state index is 0.158. The number of thioether (sulfide) groups is 1. The molecule has 0 atom stereocenters. The van der Waals surface area contributed by atoms with Gasteiger partial charge in [-0.1, -0.05) is 42.1 Å². The number of rotatable bonds is 7. The Morgan fingerprint density at radius 1 is 1.24 bits per heavy atom. The maximum Gasteiger partial charge on any atom is 0.177 e. The zero-order chi connectivity index (χ0) is 17.6. The average molecular weight is 356 g/mol. The zero-order valence-corrected chi connectivity index (χ0v) is 14.5. The van der Waals surface area contributed by atoms with E-state index in [1.807, 2.05) is 41.1 Å². The van der Waals surface area contributed by atoms with Crippen molar-refractivity contribution in [3.63, 3.8) is 0 Å². The molecule has 2 aromatic carbocycles. The van der Waals surface area contributed by atoms with Crippen molar-refractivity contribution in [2.75, 3.05) is 12.9 Å². The van der Waals surface area contributed by atoms with Gasteiger partial charge < -0.3 is 9.30 Å². The second-order valence-electron chi connectivity index (χ2n) is 5.38. The monoisotopic (exact) mass is 356 g/mol. The van der Waals surface area contributed by atoms with Crippen molar-refractivity contribution < 1.29 is 13.9 Å². The van der Waals surface area contributed by atoms with Crippen molar-refractivity contribution in [1.82, 2.24) is 9.55 Å². The smallest absolute Gasteiger partial charge is 0.177 e. The molecule has 0 amide bonds. The topological polar surface area (TPSA) is 44.1 Å². The highest BCUT2D eigenvalue weighted by molar-refractivity contribution is 7.99. The Morgan fingerprint density at radius 3 is 2.80 bits per heavy atom. The highest BCUT2D eigenvalue weighted by Crippen LogP contribution is 2.24. The van der Waals surface area contributed by atoms with Gasteiger partial charge in [0, 0.05) is 18.9 Å². The summed E-state index contributed by atoms with van der Waals surface area (Å²) in [5.41, 5.74) is 1.40. The van der Waals surface area contributed by atoms with Gasteiger partial charge in [0.2, 0.25) is 0 Å². The van der Waals surface area contributed by atoms with E-state index in [-0.39, 0.29) is 17.1 Å². The van der Waals surface area contributed by atoms with Gasteiger partial charge in [-0.2, -0.15) is 0 Å². The molecule has 0 aliphatic carbocycles. The number of benzene rings is 2. The van der Waals surface area contributed by atoms with E-state index in [1.165, 1.54) is 37.1 Å². The Morgan fingerprint density at radius 2 is 2.04 bits per heavy atom. The fourth-order valence-corrected chi connectivity index (χ4v) is 3.28. The van der Waals surface area contributed by atoms with E-state index in [0.29, 0.717) is 12.3 Å². The van der Waals surface area contributed by atoms with Crippen molar-refractivity contribution >= 4 is 17.5 Å². The van der Waals surface area contributed by atoms with Gasteiger partial charge in [-0.25, -0.2) is 9.37 Å². The van der Waals surface area contributed by atoms with Crippen LogP contribution >= 0.6 is 11.8 Å². The predicted octanol–water partition coefficient (Wildman–Crippen LogP) is 4.05. The molecule has 1 aromatic heterocycles. The Hall–Kier alpha value is -2.60. The molecule has 0 saturated carbocycles. The van der Waals surface area contributed by atoms with Crippen LogP contribution in [-0.2, 0) is 6.54 Å². The van der Waals surface area contributed by atoms with Gasteiger partial charge in [0.05, 0.1) is 18.4 Å². The van der Waals surface area contributed by atoms with Gasteiger partial charge in [0.15, 0.2) is 10.9 Å². The molecule has 128 valence electrons. The number of nitrogens with zero attached hydrogens (tertiary/aromatic N) is 2. The van der Waals surface area contributed by atoms with E-state index < -0.39 is 5.82 Å². The SMILES string of the molecule is COc1ccc(F)cc1C(=O)CSc1nccn1Cc1ccccc1. The number of methoxy groups -OCH3 is 1. The Labute approximate surface area is 149 Å². The van der Waals surface area contributed by atoms with Crippen LogP contribution in [0, 0.1) is 5.82 Å². The molecule has 0 saturated heterocycles. The fraction of sp³-hybridized carbons (Fsp3) is 0.158. The first-order valence-corrected chi connectivity index (χ1v) is 8.70. The molecule has 4 nitrogen and oxygen atoms in total. The summed E-state index contributed by atoms with van der Waals surface area (Å²) >= 11 is 1.33. The normalized spacial score (nSPS) is 10.6. The van der Waals surface area contributed by atoms with Crippen LogP contribution in [0.25, 0.3) is 0 Å². The fourth-order valence-electron chi connectivity index (χ4n) is 2.44. The maximum absolute atomic E-state index is 13.4. The lowest BCUT2D eigenvalue weighted by molar-refractivity contribution is 0.101. The van der Waals surface area contributed by atoms with Gasteiger partial charge in [-0.3, -0.25) is 4.79 Å². The lowest BCUT2D eigenvalue weighted by Crippen LogP contribution is -2.07. The number of carbonyl (C=O) groups is 1. The standard InChI is InChI=1S/C19H17FN2O2S/c1-24-18-8-7-15(20)11-16(18)17(23)13-25-19-21-9-10-22(19)12-14-5-3-2-4-6-14/h2-11H,12-13H2,1H3. The third kappa shape index (κ3) is 4.28. The van der Waals surface area contributed by atoms with Crippen LogP contribution in [0.3, 0.4) is 0 Å². The van der Waals surface area contributed by atoms with Crippen LogP contribution in [0.2, 0.25) is 0 Å². The zero-order valence-electron chi connectivity index (χ0n) is 13.7. The summed E-state index contributed by atoms with van der Waals surface area (Å²) < 4.78 is 20.6. The first-order chi connectivity index (χ1) is 12.2. The summed E-state index contributed by atoms with van der Waals surface area (Å²) in [5.74, 6) is -0.124. The van der Waals surface area contributed by atoms with E-state index in [0.717, 1.165) is 10.7 Å². The third-order valence-electron chi connectivity index (χ3n) is 3.67. The molecule has 0 bridgehead atoms. The molecule has 0 N–H and O–H groups in total. The number of ether oxygens (including phenoxy) is 1. The summed E-state index contributed by atoms with van der Waals surface area (Å²) in [6, 6.07) is 14.0. The van der Waals surface area contributed by atoms with Crippen molar-refractivity contribution in [3.05, 3.63) is 77.9 Å². The van der Waals surface area contributed by atoms with Crippen molar-refractivity contribution in [2.45, 2.75) is 11.7 Å². The first kappa shape index (κ1) is 17.2. The molecule has 1 heterocycles. The van der Waals surface area contributed by atoms with Crippen LogP contribution in [0.5, 0.6) is 5.75 Å². The van der Waals surface area contributed by atoms with Gasteiger partial charge in [-0.15, -0.1) is 0 Å². The Bertz CT molecular complexity index is 865. The maximum atomic E-state index is 13.4. The third-order valence-corrected chi connectivity index (χ3v) is 4.67. The van der Waals surface area contributed by atoms with E-state index in [9.17, 15) is 9.18 Å². The number of aromatic nitrogens is 2. The summed E-state index contributed by atoms with van der Waals surface area (Å²) in [7, 11) is 1.46. The molecule has 25 heavy (non-hydrogen) atoms. The van der Waals surface area contributed by atoms with Crippen LogP contribution in [0.4, 0.5) is 4.39 Å². The minimum Gasteiger partial charge on any atom is -0.496 e. The number of carbonyl (C=O) groups excluding carboxylic acids is 1. The van der Waals surface area contributed by atoms with E-state index in [1.54, 1.807) is 6.20 Å². The summed E-state index contributed by atoms with van der Waals surface area (Å²) in [5, 5.41) is 0.743. The Kier molecular flexibility index (Phi) is 5.50. The molecule has 3 rings (SSSR count). The number of ketones is 1. The number of hydrogen-bond donors (Lipinski definition) is 0. The second-order valence-corrected chi connectivity index (χ2v) is 6.32. The summed E-state index contributed by atoms with van der Waals surface area (Å²) in [6.07, 6.45) is 3.58. The summed E-state index contributed by atoms with van der Waals surface area (Å²) in [4.78, 5) is 16.7. The van der Waals surface area contributed by atoms with Crippen molar-refractivity contribution in [2.24, 2.45) is 0 Å². The van der Waals surface area contributed by atoms with Gasteiger partial charge >= 0.3 is 0 Å². The minimum atomic E-state index is -0.459. The number of hydrogen-bond acceptors (Lipinski definition) is 4. The van der Waals surface area contributed by atoms with Gasteiger partial charge in [-0.05, 0) is 23.8 Å². The molecule has 0 aliphatic heterocycles. The first-order valence-electron chi connectivity index (χ1n) is 7.72. The van der Waals surface area contributed by atoms with Crippen molar-refractivity contribution in [1.29, 1.82) is 0 Å². The van der Waals surface area contributed by atoms with Crippen LogP contribution in [-0.4, -0.2) is 28.2 Å². The number of imidazole rings is 1. The van der Waals surface area contributed by atoms with Gasteiger partial charge in [0.25, 0.3) is 0 Å². The van der Waals surface area contributed by atoms with Crippen molar-refractivity contribution in [3.8, 4) is 5.75 Å². The van der Waals surface area contributed by atoms with E-state index >= 15 is 0 Å². The molecule has 3 aromatic rings. The lowest BCUT2D eigenvalue weighted by atomic mass is 10.1. The molecule has 0 radical (unpaired) electrons. The molecule has 0 fully saturated rings. The Balaban J connectivity index is 1.69. The quantitative estimate of drug-likeness (QED) is 0.473. The molecule has 0 unspecified atom stereocenters. The van der Waals surface area contributed by atoms with E-state index in [2.05, 4.69) is 4.98 Å². The molecular weight excluding hydrogens is 339 g/mol. The molecule has 0 spiro atoms. The van der Waals surface area contributed by atoms with Crippen LogP contribution < -0.4 is 4.74 Å². The molecule has 0 aliphatic rings. The highest BCUT2D eigenvalue weighted by Gasteiger charge is 2.15. The number of Topliss-reactive ketones (excluding diaryl/α,β-unsaturated/α-hetero) is 1. The van der Waals surface area contributed by atoms with Crippen LogP contribution in [0.15, 0.2) is 66.1 Å². The van der Waals surface area contributed by atoms with Gasteiger partial charge in [0.1, 0.15) is 11.6 Å². The van der Waals surface area contributed by atoms with Crippen LogP contribution in [0.1, 0.15) is 15.9 Å². The summed E-state index contributed by atoms with van der Waals surface area (Å²) in [6.45, 7) is 0.681. The largest absolute Gasteiger partial charge is 0.496 e. The lowest BCUT2D eigenvalue weighted by Gasteiger charge is -2.09. The number of halogens is 1. The van der Waals surface area contributed by atoms with E-state index in [4.69, 9.17) is 4.74 Å².